The van der Waals surface area contributed by atoms with Gasteiger partial charge in [0.1, 0.15) is 36.9 Å². The molecule has 2 aromatic rings. The molecule has 2 aliphatic rings. The van der Waals surface area contributed by atoms with Crippen LogP contribution in [-0.4, -0.2) is 38.6 Å². The van der Waals surface area contributed by atoms with Crippen molar-refractivity contribution in [3.05, 3.63) is 60.7 Å². The highest BCUT2D eigenvalue weighted by molar-refractivity contribution is 5.21. The second-order valence-corrected chi connectivity index (χ2v) is 7.22. The van der Waals surface area contributed by atoms with Crippen LogP contribution < -0.4 is 9.47 Å². The zero-order valence-corrected chi connectivity index (χ0v) is 19.2. The van der Waals surface area contributed by atoms with Crippen molar-refractivity contribution in [3.8, 4) is 11.5 Å². The molecule has 4 rings (SSSR count). The van der Waals surface area contributed by atoms with Crippen molar-refractivity contribution in [2.45, 2.75) is 65.6 Å². The maximum Gasteiger partial charge on any atom is 0.119 e. The summed E-state index contributed by atoms with van der Waals surface area (Å²) >= 11 is 0. The van der Waals surface area contributed by atoms with Gasteiger partial charge >= 0.3 is 0 Å². The predicted molar refractivity (Wildman–Crippen MR) is 125 cm³/mol. The van der Waals surface area contributed by atoms with Crippen LogP contribution in [0, 0.1) is 0 Å². The van der Waals surface area contributed by atoms with Crippen LogP contribution in [0.3, 0.4) is 0 Å². The van der Waals surface area contributed by atoms with Crippen LogP contribution in [0.25, 0.3) is 0 Å². The molecule has 2 aromatic carbocycles. The largest absolute Gasteiger partial charge is 0.491 e. The van der Waals surface area contributed by atoms with Gasteiger partial charge < -0.3 is 18.9 Å². The number of ether oxygens (including phenoxy) is 4. The summed E-state index contributed by atoms with van der Waals surface area (Å²) in [5, 5.41) is 0. The summed E-state index contributed by atoms with van der Waals surface area (Å²) in [6.07, 6.45) is 6.01. The van der Waals surface area contributed by atoms with Crippen molar-refractivity contribution < 1.29 is 18.9 Å². The molecule has 2 unspecified atom stereocenters. The molecule has 4 nitrogen and oxygen atoms in total. The molecule has 2 saturated heterocycles. The van der Waals surface area contributed by atoms with Crippen molar-refractivity contribution in [3.63, 3.8) is 0 Å². The Morgan fingerprint density at radius 3 is 1.23 bits per heavy atom. The van der Waals surface area contributed by atoms with E-state index in [2.05, 4.69) is 27.7 Å². The standard InChI is InChI=1S/2C9H10O2.C5H12.C3H8/c2*1-2-4-8(5-3-1)10-6-9-7-11-9;1-3-5-4-2;1-3-2/h2*1-5,9H,6-7H2;3-5H2,1-2H3;3H2,1-2H3. The minimum absolute atomic E-state index is 0.343. The van der Waals surface area contributed by atoms with Crippen molar-refractivity contribution in [1.82, 2.24) is 0 Å². The first-order chi connectivity index (χ1) is 14.7. The van der Waals surface area contributed by atoms with Gasteiger partial charge in [-0.05, 0) is 24.3 Å². The maximum absolute atomic E-state index is 5.40. The Labute approximate surface area is 183 Å². The topological polar surface area (TPSA) is 43.5 Å². The van der Waals surface area contributed by atoms with Gasteiger partial charge in [-0.3, -0.25) is 0 Å². The summed E-state index contributed by atoms with van der Waals surface area (Å²) in [5.74, 6) is 1.84. The number of hydrogen-bond donors (Lipinski definition) is 0. The first kappa shape index (κ1) is 26.0. The van der Waals surface area contributed by atoms with E-state index in [1.54, 1.807) is 0 Å². The van der Waals surface area contributed by atoms with E-state index in [1.165, 1.54) is 25.7 Å². The number of epoxide rings is 2. The minimum atomic E-state index is 0.343. The third-order valence-corrected chi connectivity index (χ3v) is 3.87. The van der Waals surface area contributed by atoms with Gasteiger partial charge in [0.05, 0.1) is 13.2 Å². The molecular weight excluding hydrogens is 376 g/mol. The van der Waals surface area contributed by atoms with Crippen LogP contribution in [0.15, 0.2) is 60.7 Å². The van der Waals surface area contributed by atoms with Crippen LogP contribution >= 0.6 is 0 Å². The number of rotatable bonds is 8. The average Bonchev–Trinajstić information content (AvgIpc) is 3.70. The van der Waals surface area contributed by atoms with E-state index >= 15 is 0 Å². The van der Waals surface area contributed by atoms with Crippen molar-refractivity contribution in [2.24, 2.45) is 0 Å². The molecule has 0 bridgehead atoms. The molecule has 0 aliphatic carbocycles. The fraction of sp³-hybridized carbons (Fsp3) is 0.538. The fourth-order valence-electron chi connectivity index (χ4n) is 2.09. The highest BCUT2D eigenvalue weighted by atomic mass is 16.6. The predicted octanol–water partition coefficient (Wildman–Crippen LogP) is 6.54. The van der Waals surface area contributed by atoms with Crippen LogP contribution in [0.1, 0.15) is 53.4 Å². The molecule has 0 amide bonds. The second-order valence-electron chi connectivity index (χ2n) is 7.22. The third-order valence-electron chi connectivity index (χ3n) is 3.87. The van der Waals surface area contributed by atoms with E-state index in [1.807, 2.05) is 60.7 Å². The maximum atomic E-state index is 5.40. The Bertz CT molecular complexity index is 541. The normalized spacial score (nSPS) is 17.6. The second kappa shape index (κ2) is 17.8. The average molecular weight is 417 g/mol. The van der Waals surface area contributed by atoms with Crippen LogP contribution in [0.4, 0.5) is 0 Å². The lowest BCUT2D eigenvalue weighted by Crippen LogP contribution is -2.03. The van der Waals surface area contributed by atoms with Gasteiger partial charge in [0.15, 0.2) is 0 Å². The Morgan fingerprint density at radius 1 is 0.667 bits per heavy atom. The lowest BCUT2D eigenvalue weighted by atomic mass is 10.3. The lowest BCUT2D eigenvalue weighted by molar-refractivity contribution is 0.263. The molecule has 168 valence electrons. The smallest absolute Gasteiger partial charge is 0.119 e. The monoisotopic (exact) mass is 416 g/mol. The molecule has 0 spiro atoms. The summed E-state index contributed by atoms with van der Waals surface area (Å²) in [6, 6.07) is 19.6. The van der Waals surface area contributed by atoms with E-state index in [0.29, 0.717) is 25.4 Å². The summed E-state index contributed by atoms with van der Waals surface area (Å²) in [4.78, 5) is 0. The molecule has 0 aromatic heterocycles. The molecule has 0 N–H and O–H groups in total. The Hall–Kier alpha value is -2.04. The zero-order chi connectivity index (χ0) is 21.9. The molecule has 4 heteroatoms. The molecular formula is C26H40O4. The van der Waals surface area contributed by atoms with Crippen molar-refractivity contribution in [1.29, 1.82) is 0 Å². The number of benzene rings is 2. The molecule has 2 atom stereocenters. The van der Waals surface area contributed by atoms with Gasteiger partial charge in [0.2, 0.25) is 0 Å². The quantitative estimate of drug-likeness (QED) is 0.458. The fourth-order valence-corrected chi connectivity index (χ4v) is 2.09. The molecule has 0 saturated carbocycles. The molecule has 2 fully saturated rings. The van der Waals surface area contributed by atoms with Crippen LogP contribution in [-0.2, 0) is 9.47 Å². The van der Waals surface area contributed by atoms with Gasteiger partial charge in [0, 0.05) is 0 Å². The summed E-state index contributed by atoms with van der Waals surface area (Å²) in [7, 11) is 0. The van der Waals surface area contributed by atoms with Gasteiger partial charge in [-0.15, -0.1) is 0 Å². The van der Waals surface area contributed by atoms with Crippen LogP contribution in [0.2, 0.25) is 0 Å². The van der Waals surface area contributed by atoms with Crippen LogP contribution in [0.5, 0.6) is 11.5 Å². The van der Waals surface area contributed by atoms with Gasteiger partial charge in [0.25, 0.3) is 0 Å². The van der Waals surface area contributed by atoms with E-state index in [-0.39, 0.29) is 0 Å². The molecule has 30 heavy (non-hydrogen) atoms. The van der Waals surface area contributed by atoms with E-state index in [9.17, 15) is 0 Å². The summed E-state index contributed by atoms with van der Waals surface area (Å²) < 4.78 is 20.8. The highest BCUT2D eigenvalue weighted by Gasteiger charge is 2.23. The zero-order valence-electron chi connectivity index (χ0n) is 19.2. The first-order valence-corrected chi connectivity index (χ1v) is 11.3. The van der Waals surface area contributed by atoms with E-state index in [0.717, 1.165) is 24.7 Å². The van der Waals surface area contributed by atoms with Crippen molar-refractivity contribution in [2.75, 3.05) is 26.4 Å². The minimum Gasteiger partial charge on any atom is -0.491 e. The Balaban J connectivity index is 0.000000225. The Morgan fingerprint density at radius 2 is 1.00 bits per heavy atom. The first-order valence-electron chi connectivity index (χ1n) is 11.3. The Kier molecular flexibility index (Phi) is 15.4. The number of hydrogen-bond acceptors (Lipinski definition) is 4. The summed E-state index contributed by atoms with van der Waals surface area (Å²) in [6.45, 7) is 11.8. The lowest BCUT2D eigenvalue weighted by Gasteiger charge is -2.01. The van der Waals surface area contributed by atoms with E-state index in [4.69, 9.17) is 18.9 Å². The van der Waals surface area contributed by atoms with Gasteiger partial charge in [-0.2, -0.15) is 0 Å². The highest BCUT2D eigenvalue weighted by Crippen LogP contribution is 2.14. The SMILES string of the molecule is CCC.CCCCC.c1ccc(OCC2CO2)cc1.c1ccc(OCC2CO2)cc1. The number of para-hydroxylation sites is 2. The van der Waals surface area contributed by atoms with Gasteiger partial charge in [-0.25, -0.2) is 0 Å². The van der Waals surface area contributed by atoms with Crippen molar-refractivity contribution >= 4 is 0 Å². The molecule has 2 heterocycles. The number of unbranched alkanes of at least 4 members (excludes halogenated alkanes) is 2. The molecule has 0 radical (unpaired) electrons. The van der Waals surface area contributed by atoms with Gasteiger partial charge in [-0.1, -0.05) is 89.8 Å². The summed E-state index contributed by atoms with van der Waals surface area (Å²) in [5.41, 5.74) is 0. The third kappa shape index (κ3) is 15.8. The van der Waals surface area contributed by atoms with E-state index < -0.39 is 0 Å². The molecule has 2 aliphatic heterocycles.